The van der Waals surface area contributed by atoms with E-state index in [9.17, 15) is 0 Å². The lowest BCUT2D eigenvalue weighted by Crippen LogP contribution is -2.22. The molecule has 3 heteroatoms. The highest BCUT2D eigenvalue weighted by Crippen LogP contribution is 2.26. The third kappa shape index (κ3) is 3.93. The lowest BCUT2D eigenvalue weighted by molar-refractivity contribution is 0.594. The Hall–Kier alpha value is -2.91. The first-order chi connectivity index (χ1) is 13.2. The summed E-state index contributed by atoms with van der Waals surface area (Å²) in [5.41, 5.74) is 11.7. The van der Waals surface area contributed by atoms with E-state index in [1.54, 1.807) is 0 Å². The molecule has 0 aliphatic carbocycles. The largest absolute Gasteiger partial charge is 0.339 e. The van der Waals surface area contributed by atoms with Gasteiger partial charge in [0.2, 0.25) is 0 Å². The molecule has 3 N–H and O–H groups in total. The second-order valence-corrected chi connectivity index (χ2v) is 7.13. The van der Waals surface area contributed by atoms with E-state index >= 15 is 0 Å². The van der Waals surface area contributed by atoms with Crippen molar-refractivity contribution in [3.63, 3.8) is 0 Å². The average Bonchev–Trinajstić information content (AvgIpc) is 3.04. The van der Waals surface area contributed by atoms with Crippen LogP contribution in [0.3, 0.4) is 0 Å². The maximum absolute atomic E-state index is 6.18. The van der Waals surface area contributed by atoms with E-state index in [4.69, 9.17) is 10.7 Å². The molecule has 1 atom stereocenters. The molecule has 4 rings (SSSR count). The van der Waals surface area contributed by atoms with Crippen molar-refractivity contribution in [3.05, 3.63) is 77.5 Å². The summed E-state index contributed by atoms with van der Waals surface area (Å²) in [6.07, 6.45) is 7.25. The van der Waals surface area contributed by atoms with Crippen LogP contribution in [0.25, 0.3) is 34.1 Å². The van der Waals surface area contributed by atoms with Gasteiger partial charge in [-0.05, 0) is 41.8 Å². The van der Waals surface area contributed by atoms with Crippen molar-refractivity contribution in [2.75, 3.05) is 0 Å². The van der Waals surface area contributed by atoms with Gasteiger partial charge in [-0.15, -0.1) is 0 Å². The van der Waals surface area contributed by atoms with Crippen molar-refractivity contribution in [1.82, 2.24) is 9.97 Å². The predicted octanol–water partition coefficient (Wildman–Crippen LogP) is 5.56. The van der Waals surface area contributed by atoms with Gasteiger partial charge in [0.15, 0.2) is 0 Å². The molecule has 1 unspecified atom stereocenters. The number of fused-ring (bicyclic) bond motifs is 3. The molecule has 0 radical (unpaired) electrons. The normalized spacial score (nSPS) is 13.0. The summed E-state index contributed by atoms with van der Waals surface area (Å²) in [4.78, 5) is 8.25. The van der Waals surface area contributed by atoms with E-state index < -0.39 is 0 Å². The van der Waals surface area contributed by atoms with E-state index in [0.717, 1.165) is 41.5 Å². The van der Waals surface area contributed by atoms with Gasteiger partial charge in [0.05, 0.1) is 0 Å². The number of nitrogens with zero attached hydrogens (tertiary/aromatic N) is 1. The quantitative estimate of drug-likeness (QED) is 0.445. The van der Waals surface area contributed by atoms with E-state index in [0.29, 0.717) is 0 Å². The molecule has 0 saturated heterocycles. The summed E-state index contributed by atoms with van der Waals surface area (Å²) in [7, 11) is 0. The minimum absolute atomic E-state index is 0.180. The fourth-order valence-corrected chi connectivity index (χ4v) is 3.55. The van der Waals surface area contributed by atoms with Gasteiger partial charge in [-0.1, -0.05) is 61.9 Å². The van der Waals surface area contributed by atoms with Crippen molar-refractivity contribution < 1.29 is 0 Å². The molecule has 4 aromatic rings. The number of pyridine rings is 1. The second kappa shape index (κ2) is 7.77. The van der Waals surface area contributed by atoms with Gasteiger partial charge in [0, 0.05) is 34.4 Å². The molecule has 0 aliphatic rings. The molecule has 3 nitrogen and oxygen atoms in total. The molecular weight excluding hydrogens is 330 g/mol. The van der Waals surface area contributed by atoms with Gasteiger partial charge in [-0.2, -0.15) is 0 Å². The summed E-state index contributed by atoms with van der Waals surface area (Å²) in [6.45, 7) is 2.16. The minimum atomic E-state index is 0.180. The summed E-state index contributed by atoms with van der Waals surface area (Å²) in [5.74, 6) is 0. The second-order valence-electron chi connectivity index (χ2n) is 7.13. The Morgan fingerprint density at radius 2 is 1.78 bits per heavy atom. The first-order valence-electron chi connectivity index (χ1n) is 9.63. The highest BCUT2D eigenvalue weighted by atomic mass is 14.9. The SMILES string of the molecule is CCCC(N)Cc1ccc2c(n1)[nH]c1ccc(C=Cc3ccccc3)cc12. The van der Waals surface area contributed by atoms with Crippen molar-refractivity contribution in [3.8, 4) is 0 Å². The lowest BCUT2D eigenvalue weighted by atomic mass is 10.1. The summed E-state index contributed by atoms with van der Waals surface area (Å²) in [5, 5.41) is 2.37. The number of nitrogens with one attached hydrogen (secondary N) is 1. The number of hydrogen-bond donors (Lipinski definition) is 2. The zero-order chi connectivity index (χ0) is 18.6. The zero-order valence-corrected chi connectivity index (χ0v) is 15.7. The first-order valence-corrected chi connectivity index (χ1v) is 9.63. The first kappa shape index (κ1) is 17.5. The standard InChI is InChI=1S/C24H25N3/c1-2-6-19(25)16-20-12-13-21-22-15-18(10-9-17-7-4-3-5-8-17)11-14-23(22)27-24(21)26-20/h3-5,7-15,19H,2,6,16,25H2,1H3,(H,26,27). The molecule has 0 fully saturated rings. The predicted molar refractivity (Wildman–Crippen MR) is 116 cm³/mol. The van der Waals surface area contributed by atoms with Crippen molar-refractivity contribution in [2.45, 2.75) is 32.2 Å². The molecule has 2 aromatic carbocycles. The summed E-state index contributed by atoms with van der Waals surface area (Å²) in [6, 6.07) is 21.3. The number of nitrogens with two attached hydrogens (primary N) is 1. The maximum Gasteiger partial charge on any atom is 0.138 e. The zero-order valence-electron chi connectivity index (χ0n) is 15.7. The van der Waals surface area contributed by atoms with Crippen LogP contribution >= 0.6 is 0 Å². The number of hydrogen-bond acceptors (Lipinski definition) is 2. The Morgan fingerprint density at radius 1 is 0.963 bits per heavy atom. The van der Waals surface area contributed by atoms with Crippen LogP contribution in [-0.2, 0) is 6.42 Å². The highest BCUT2D eigenvalue weighted by Gasteiger charge is 2.09. The van der Waals surface area contributed by atoms with Crippen LogP contribution in [0.4, 0.5) is 0 Å². The molecule has 0 spiro atoms. The average molecular weight is 355 g/mol. The fraction of sp³-hybridized carbons (Fsp3) is 0.208. The molecule has 0 bridgehead atoms. The Morgan fingerprint density at radius 3 is 2.59 bits per heavy atom. The molecule has 2 aromatic heterocycles. The summed E-state index contributed by atoms with van der Waals surface area (Å²) >= 11 is 0. The van der Waals surface area contributed by atoms with Gasteiger partial charge < -0.3 is 10.7 Å². The molecule has 2 heterocycles. The van der Waals surface area contributed by atoms with Gasteiger partial charge in [0.1, 0.15) is 5.65 Å². The van der Waals surface area contributed by atoms with Gasteiger partial charge in [0.25, 0.3) is 0 Å². The Kier molecular flexibility index (Phi) is 5.03. The van der Waals surface area contributed by atoms with Crippen LogP contribution in [0.1, 0.15) is 36.6 Å². The Labute approximate surface area is 159 Å². The Balaban J connectivity index is 1.65. The molecular formula is C24H25N3. The topological polar surface area (TPSA) is 54.7 Å². The Bertz CT molecular complexity index is 1080. The smallest absolute Gasteiger partial charge is 0.138 e. The van der Waals surface area contributed by atoms with E-state index in [2.05, 4.69) is 78.7 Å². The van der Waals surface area contributed by atoms with Crippen molar-refractivity contribution >= 4 is 34.1 Å². The maximum atomic E-state index is 6.18. The van der Waals surface area contributed by atoms with Crippen LogP contribution < -0.4 is 5.73 Å². The van der Waals surface area contributed by atoms with E-state index in [1.807, 2.05) is 6.07 Å². The number of benzene rings is 2. The third-order valence-electron chi connectivity index (χ3n) is 4.94. The third-order valence-corrected chi connectivity index (χ3v) is 4.94. The van der Waals surface area contributed by atoms with E-state index in [1.165, 1.54) is 16.5 Å². The van der Waals surface area contributed by atoms with Crippen LogP contribution in [-0.4, -0.2) is 16.0 Å². The van der Waals surface area contributed by atoms with Crippen molar-refractivity contribution in [1.29, 1.82) is 0 Å². The molecule has 27 heavy (non-hydrogen) atoms. The highest BCUT2D eigenvalue weighted by molar-refractivity contribution is 6.06. The number of rotatable bonds is 6. The molecule has 0 saturated carbocycles. The van der Waals surface area contributed by atoms with Gasteiger partial charge in [-0.3, -0.25) is 0 Å². The van der Waals surface area contributed by atoms with Crippen LogP contribution in [0.15, 0.2) is 60.7 Å². The molecule has 0 amide bonds. The lowest BCUT2D eigenvalue weighted by Gasteiger charge is -2.09. The van der Waals surface area contributed by atoms with Gasteiger partial charge >= 0.3 is 0 Å². The van der Waals surface area contributed by atoms with Crippen LogP contribution in [0, 0.1) is 0 Å². The van der Waals surface area contributed by atoms with Crippen molar-refractivity contribution in [2.24, 2.45) is 5.73 Å². The fourth-order valence-electron chi connectivity index (χ4n) is 3.55. The monoisotopic (exact) mass is 355 g/mol. The minimum Gasteiger partial charge on any atom is -0.339 e. The number of H-pyrrole nitrogens is 1. The number of aromatic amines is 1. The van der Waals surface area contributed by atoms with E-state index in [-0.39, 0.29) is 6.04 Å². The molecule has 0 aliphatic heterocycles. The number of aromatic nitrogens is 2. The molecule has 136 valence electrons. The van der Waals surface area contributed by atoms with Crippen LogP contribution in [0.2, 0.25) is 0 Å². The summed E-state index contributed by atoms with van der Waals surface area (Å²) < 4.78 is 0. The van der Waals surface area contributed by atoms with Gasteiger partial charge in [-0.25, -0.2) is 4.98 Å². The van der Waals surface area contributed by atoms with Crippen LogP contribution in [0.5, 0.6) is 0 Å².